The highest BCUT2D eigenvalue weighted by Gasteiger charge is 2.76. The maximum absolute atomic E-state index is 13.7. The van der Waals surface area contributed by atoms with Crippen molar-refractivity contribution >= 4 is 29.2 Å². The number of urea groups is 1. The van der Waals surface area contributed by atoms with E-state index in [0.717, 1.165) is 62.8 Å². The second-order valence-electron chi connectivity index (χ2n) is 14.0. The van der Waals surface area contributed by atoms with Gasteiger partial charge in [0.25, 0.3) is 0 Å². The molecule has 4 aliphatic carbocycles. The lowest BCUT2D eigenvalue weighted by atomic mass is 9.53. The standard InChI is InChI=1S/C33H35ClF3N3O3/c34-27-13-26(39-10-9-38(30(39)42)18-19-1-4-24(5-2-19)33(35,36)37)6-3-20(27)11-21-7-8-40(29(21)41)28-22-12-25-17-32(43)16-23(28)15-31(25,32)14-22/h1-6,13,21-23,25,28,43H,7-12,14-18H2. The molecule has 3 amide bonds. The number of nitrogens with zero attached hydrogens (tertiary/aromatic N) is 3. The molecule has 43 heavy (non-hydrogen) atoms. The summed E-state index contributed by atoms with van der Waals surface area (Å²) in [5, 5.41) is 11.8. The van der Waals surface area contributed by atoms with Crippen LogP contribution in [0.25, 0.3) is 0 Å². The van der Waals surface area contributed by atoms with Crippen molar-refractivity contribution in [3.8, 4) is 0 Å². The molecule has 8 rings (SSSR count). The zero-order valence-corrected chi connectivity index (χ0v) is 24.6. The van der Waals surface area contributed by atoms with Crippen molar-refractivity contribution in [2.75, 3.05) is 24.5 Å². The molecule has 1 spiro atoms. The second kappa shape index (κ2) is 9.36. The minimum Gasteiger partial charge on any atom is -0.389 e. The lowest BCUT2D eigenvalue weighted by Crippen LogP contribution is -2.57. The molecule has 228 valence electrons. The quantitative estimate of drug-likeness (QED) is 0.426. The number of hydrogen-bond acceptors (Lipinski definition) is 3. The zero-order valence-electron chi connectivity index (χ0n) is 23.8. The van der Waals surface area contributed by atoms with Crippen molar-refractivity contribution in [2.45, 2.75) is 69.3 Å². The number of carbonyl (C=O) groups is 2. The van der Waals surface area contributed by atoms with Crippen LogP contribution in [0.3, 0.4) is 0 Å². The molecule has 2 heterocycles. The number of rotatable bonds is 6. The van der Waals surface area contributed by atoms with E-state index in [1.165, 1.54) is 12.1 Å². The number of fused-ring (bicyclic) bond motifs is 2. The number of carbonyl (C=O) groups excluding carboxylic acids is 2. The van der Waals surface area contributed by atoms with Crippen LogP contribution in [0.5, 0.6) is 0 Å². The average Bonchev–Trinajstić information content (AvgIpc) is 3.62. The Hall–Kier alpha value is -2.78. The molecule has 7 atom stereocenters. The number of alkyl halides is 3. The van der Waals surface area contributed by atoms with Crippen molar-refractivity contribution in [3.63, 3.8) is 0 Å². The van der Waals surface area contributed by atoms with Crippen LogP contribution in [-0.4, -0.2) is 58.1 Å². The van der Waals surface area contributed by atoms with Crippen LogP contribution in [0.1, 0.15) is 55.2 Å². The minimum absolute atomic E-state index is 0.122. The molecule has 6 nitrogen and oxygen atoms in total. The first kappa shape index (κ1) is 27.7. The largest absolute Gasteiger partial charge is 0.416 e. The molecule has 2 saturated heterocycles. The Morgan fingerprint density at radius 1 is 0.953 bits per heavy atom. The van der Waals surface area contributed by atoms with Gasteiger partial charge in [0, 0.05) is 54.3 Å². The summed E-state index contributed by atoms with van der Waals surface area (Å²) >= 11 is 6.73. The fraction of sp³-hybridized carbons (Fsp3) is 0.576. The summed E-state index contributed by atoms with van der Waals surface area (Å²) in [6.45, 7) is 1.90. The van der Waals surface area contributed by atoms with Crippen LogP contribution < -0.4 is 4.90 Å². The molecule has 3 bridgehead atoms. The summed E-state index contributed by atoms with van der Waals surface area (Å²) in [6, 6.07) is 10.5. The van der Waals surface area contributed by atoms with Gasteiger partial charge in [-0.3, -0.25) is 9.69 Å². The number of amides is 3. The Balaban J connectivity index is 0.909. The third kappa shape index (κ3) is 4.09. The Bertz CT molecular complexity index is 1500. The molecule has 4 saturated carbocycles. The Morgan fingerprint density at radius 3 is 2.47 bits per heavy atom. The first-order valence-electron chi connectivity index (χ1n) is 15.5. The number of aliphatic hydroxyl groups is 1. The Labute approximate surface area is 253 Å². The van der Waals surface area contributed by atoms with Crippen LogP contribution in [0.4, 0.5) is 23.7 Å². The van der Waals surface area contributed by atoms with Gasteiger partial charge in [0.15, 0.2) is 0 Å². The first-order chi connectivity index (χ1) is 20.5. The van der Waals surface area contributed by atoms with Crippen LogP contribution in [0, 0.1) is 29.1 Å². The first-order valence-corrected chi connectivity index (χ1v) is 15.9. The molecule has 0 radical (unpaired) electrons. The van der Waals surface area contributed by atoms with E-state index in [4.69, 9.17) is 11.6 Å². The maximum Gasteiger partial charge on any atom is 0.416 e. The summed E-state index contributed by atoms with van der Waals surface area (Å²) in [5.74, 6) is 1.66. The smallest absolute Gasteiger partial charge is 0.389 e. The highest BCUT2D eigenvalue weighted by Crippen LogP contribution is 2.77. The SMILES string of the molecule is O=C1N(Cc2ccc(C(F)(F)F)cc2)CCN1c1ccc(CC2CCN(C3C4CC5CC6(O)CC3CC56C4)C2=O)c(Cl)c1. The fourth-order valence-electron chi connectivity index (χ4n) is 10.1. The highest BCUT2D eigenvalue weighted by atomic mass is 35.5. The minimum atomic E-state index is -4.40. The van der Waals surface area contributed by atoms with Crippen LogP contribution in [0.15, 0.2) is 42.5 Å². The summed E-state index contributed by atoms with van der Waals surface area (Å²) in [7, 11) is 0. The van der Waals surface area contributed by atoms with Gasteiger partial charge in [-0.05, 0) is 98.1 Å². The molecule has 2 aromatic rings. The highest BCUT2D eigenvalue weighted by molar-refractivity contribution is 6.31. The van der Waals surface area contributed by atoms with Crippen molar-refractivity contribution in [2.24, 2.45) is 29.1 Å². The van der Waals surface area contributed by atoms with Gasteiger partial charge in [-0.2, -0.15) is 13.2 Å². The van der Waals surface area contributed by atoms with E-state index in [9.17, 15) is 27.9 Å². The lowest BCUT2D eigenvalue weighted by molar-refractivity contribution is -0.176. The van der Waals surface area contributed by atoms with Crippen molar-refractivity contribution in [1.29, 1.82) is 0 Å². The average molecular weight is 614 g/mol. The molecule has 1 N–H and O–H groups in total. The van der Waals surface area contributed by atoms with Crippen molar-refractivity contribution in [1.82, 2.24) is 9.80 Å². The van der Waals surface area contributed by atoms with Gasteiger partial charge in [-0.25, -0.2) is 4.79 Å². The number of benzene rings is 2. The number of halogens is 4. The second-order valence-corrected chi connectivity index (χ2v) is 14.4. The van der Waals surface area contributed by atoms with Gasteiger partial charge in [0.2, 0.25) is 5.91 Å². The summed E-state index contributed by atoms with van der Waals surface area (Å²) in [5.41, 5.74) is 1.13. The molecule has 10 heteroatoms. The predicted molar refractivity (Wildman–Crippen MR) is 154 cm³/mol. The molecule has 6 aliphatic rings. The van der Waals surface area contributed by atoms with E-state index >= 15 is 0 Å². The molecule has 6 fully saturated rings. The van der Waals surface area contributed by atoms with Gasteiger partial charge in [-0.1, -0.05) is 29.8 Å². The van der Waals surface area contributed by atoms with Crippen LogP contribution in [-0.2, 0) is 23.9 Å². The Kier molecular flexibility index (Phi) is 6.04. The van der Waals surface area contributed by atoms with E-state index < -0.39 is 17.3 Å². The van der Waals surface area contributed by atoms with Crippen LogP contribution in [0.2, 0.25) is 5.02 Å². The van der Waals surface area contributed by atoms with Gasteiger partial charge < -0.3 is 14.9 Å². The summed E-state index contributed by atoms with van der Waals surface area (Å²) in [4.78, 5) is 32.3. The van der Waals surface area contributed by atoms with E-state index in [0.29, 0.717) is 53.5 Å². The van der Waals surface area contributed by atoms with E-state index in [1.807, 2.05) is 12.1 Å². The van der Waals surface area contributed by atoms with Crippen molar-refractivity contribution < 1.29 is 27.9 Å². The Morgan fingerprint density at radius 2 is 1.72 bits per heavy atom. The van der Waals surface area contributed by atoms with Crippen molar-refractivity contribution in [3.05, 3.63) is 64.2 Å². The van der Waals surface area contributed by atoms with Gasteiger partial charge >= 0.3 is 12.2 Å². The summed E-state index contributed by atoms with van der Waals surface area (Å²) < 4.78 is 38.7. The molecule has 2 aliphatic heterocycles. The fourth-order valence-corrected chi connectivity index (χ4v) is 10.4. The molecular weight excluding hydrogens is 579 g/mol. The maximum atomic E-state index is 13.7. The number of hydrogen-bond donors (Lipinski definition) is 1. The van der Waals surface area contributed by atoms with Crippen LogP contribution >= 0.6 is 11.6 Å². The summed E-state index contributed by atoms with van der Waals surface area (Å²) in [6.07, 6.45) is 2.08. The topological polar surface area (TPSA) is 64.1 Å². The third-order valence-corrected chi connectivity index (χ3v) is 12.3. The molecule has 0 aromatic heterocycles. The van der Waals surface area contributed by atoms with Gasteiger partial charge in [-0.15, -0.1) is 0 Å². The van der Waals surface area contributed by atoms with Gasteiger partial charge in [0.1, 0.15) is 0 Å². The van der Waals surface area contributed by atoms with E-state index in [-0.39, 0.29) is 35.9 Å². The number of anilines is 1. The molecule has 2 aromatic carbocycles. The lowest BCUT2D eigenvalue weighted by Gasteiger charge is -2.55. The zero-order chi connectivity index (χ0) is 29.9. The number of likely N-dealkylation sites (tertiary alicyclic amines) is 1. The monoisotopic (exact) mass is 613 g/mol. The van der Waals surface area contributed by atoms with Gasteiger partial charge in [0.05, 0.1) is 11.2 Å². The van der Waals surface area contributed by atoms with E-state index in [2.05, 4.69) is 4.90 Å². The normalized spacial score (nSPS) is 36.2. The van der Waals surface area contributed by atoms with E-state index in [1.54, 1.807) is 15.9 Å². The molecule has 7 unspecified atom stereocenters. The third-order valence-electron chi connectivity index (χ3n) is 12.0. The molecular formula is C33H35ClF3N3O3. The predicted octanol–water partition coefficient (Wildman–Crippen LogP) is 6.13.